The summed E-state index contributed by atoms with van der Waals surface area (Å²) in [6.07, 6.45) is 5.56. The minimum absolute atomic E-state index is 0.0777. The van der Waals surface area contributed by atoms with E-state index in [1.165, 1.54) is 4.52 Å². The highest BCUT2D eigenvalue weighted by Gasteiger charge is 2.18. The van der Waals surface area contributed by atoms with E-state index in [1.807, 2.05) is 49.6 Å². The first kappa shape index (κ1) is 16.3. The van der Waals surface area contributed by atoms with Crippen LogP contribution in [0.4, 0.5) is 0 Å². The molecule has 6 heteroatoms. The first-order chi connectivity index (χ1) is 12.6. The van der Waals surface area contributed by atoms with Gasteiger partial charge in [-0.05, 0) is 12.5 Å². The lowest BCUT2D eigenvalue weighted by Crippen LogP contribution is -2.19. The van der Waals surface area contributed by atoms with Crippen LogP contribution >= 0.6 is 0 Å². The van der Waals surface area contributed by atoms with E-state index in [1.54, 1.807) is 12.3 Å². The van der Waals surface area contributed by atoms with Gasteiger partial charge in [0.2, 0.25) is 0 Å². The van der Waals surface area contributed by atoms with E-state index in [0.29, 0.717) is 11.6 Å². The highest BCUT2D eigenvalue weighted by Crippen LogP contribution is 2.25. The van der Waals surface area contributed by atoms with Crippen molar-refractivity contribution in [2.75, 3.05) is 0 Å². The number of hydrogen-bond donors (Lipinski definition) is 1. The summed E-state index contributed by atoms with van der Waals surface area (Å²) in [6, 6.07) is 11.5. The number of H-pyrrole nitrogens is 1. The molecule has 0 amide bonds. The molecule has 3 heterocycles. The maximum atomic E-state index is 12.6. The van der Waals surface area contributed by atoms with E-state index < -0.39 is 0 Å². The number of aromatic amines is 1. The average molecular weight is 347 g/mol. The van der Waals surface area contributed by atoms with Crippen LogP contribution in [0.2, 0.25) is 0 Å². The number of rotatable bonds is 4. The van der Waals surface area contributed by atoms with Crippen molar-refractivity contribution in [1.29, 1.82) is 0 Å². The lowest BCUT2D eigenvalue weighted by atomic mass is 10.1. The molecule has 0 spiro atoms. The van der Waals surface area contributed by atoms with Crippen molar-refractivity contribution in [2.45, 2.75) is 32.7 Å². The second kappa shape index (κ2) is 6.29. The van der Waals surface area contributed by atoms with E-state index in [4.69, 9.17) is 4.98 Å². The molecule has 0 unspecified atom stereocenters. The van der Waals surface area contributed by atoms with E-state index in [9.17, 15) is 4.79 Å². The van der Waals surface area contributed by atoms with Crippen LogP contribution in [0, 0.1) is 0 Å². The zero-order valence-electron chi connectivity index (χ0n) is 15.0. The molecule has 26 heavy (non-hydrogen) atoms. The smallest absolute Gasteiger partial charge is 0.272 e. The van der Waals surface area contributed by atoms with Gasteiger partial charge in [0, 0.05) is 36.1 Å². The fraction of sp³-hybridized carbons (Fsp3) is 0.250. The van der Waals surface area contributed by atoms with Crippen molar-refractivity contribution in [3.05, 3.63) is 76.9 Å². The average Bonchev–Trinajstić information content (AvgIpc) is 3.29. The summed E-state index contributed by atoms with van der Waals surface area (Å²) in [5, 5.41) is 3.01. The van der Waals surface area contributed by atoms with E-state index in [2.05, 4.69) is 28.5 Å². The molecule has 3 aromatic heterocycles. The lowest BCUT2D eigenvalue weighted by molar-refractivity contribution is 0.565. The van der Waals surface area contributed by atoms with Crippen molar-refractivity contribution in [3.8, 4) is 11.1 Å². The van der Waals surface area contributed by atoms with E-state index in [0.717, 1.165) is 22.6 Å². The molecule has 0 aliphatic carbocycles. The van der Waals surface area contributed by atoms with Crippen LogP contribution in [0.5, 0.6) is 0 Å². The van der Waals surface area contributed by atoms with Crippen LogP contribution in [0.1, 0.15) is 44.2 Å². The maximum Gasteiger partial charge on any atom is 0.272 e. The Labute approximate surface area is 151 Å². The standard InChI is InChI=1S/C20H21N5O/c1-13(2)19-21-9-10-24(19)14(3)17-11-18(26)25-20(23-17)16(12-22-25)15-7-5-4-6-8-15/h4-14,22H,1-3H3/t14-/m1/s1. The number of benzene rings is 1. The molecule has 0 aliphatic heterocycles. The van der Waals surface area contributed by atoms with Gasteiger partial charge in [0.25, 0.3) is 5.56 Å². The summed E-state index contributed by atoms with van der Waals surface area (Å²) in [5.41, 5.74) is 3.17. The fourth-order valence-corrected chi connectivity index (χ4v) is 3.29. The molecule has 1 N–H and O–H groups in total. The van der Waals surface area contributed by atoms with Gasteiger partial charge in [0.1, 0.15) is 5.82 Å². The Morgan fingerprint density at radius 3 is 2.62 bits per heavy atom. The van der Waals surface area contributed by atoms with Crippen LogP contribution in [0.25, 0.3) is 16.8 Å². The highest BCUT2D eigenvalue weighted by molar-refractivity contribution is 5.76. The predicted octanol–water partition coefficient (Wildman–Crippen LogP) is 3.62. The molecule has 0 saturated heterocycles. The van der Waals surface area contributed by atoms with E-state index in [-0.39, 0.29) is 11.6 Å². The summed E-state index contributed by atoms with van der Waals surface area (Å²) in [4.78, 5) is 21.9. The topological polar surface area (TPSA) is 68.0 Å². The predicted molar refractivity (Wildman–Crippen MR) is 101 cm³/mol. The molecule has 132 valence electrons. The molecule has 4 rings (SSSR count). The van der Waals surface area contributed by atoms with Crippen LogP contribution in [-0.4, -0.2) is 24.1 Å². The van der Waals surface area contributed by atoms with Gasteiger partial charge >= 0.3 is 0 Å². The Morgan fingerprint density at radius 2 is 1.88 bits per heavy atom. The van der Waals surface area contributed by atoms with Gasteiger partial charge in [0.15, 0.2) is 5.65 Å². The second-order valence-electron chi connectivity index (χ2n) is 6.75. The number of hydrogen-bond acceptors (Lipinski definition) is 3. The van der Waals surface area contributed by atoms with Gasteiger partial charge in [-0.15, -0.1) is 0 Å². The first-order valence-electron chi connectivity index (χ1n) is 8.75. The Hall–Kier alpha value is -3.15. The molecule has 0 aliphatic rings. The molecule has 1 aromatic carbocycles. The molecular formula is C20H21N5O. The Morgan fingerprint density at radius 1 is 1.12 bits per heavy atom. The van der Waals surface area contributed by atoms with Crippen LogP contribution in [0.3, 0.4) is 0 Å². The molecule has 6 nitrogen and oxygen atoms in total. The molecule has 0 fully saturated rings. The Bertz CT molecular complexity index is 1100. The zero-order valence-corrected chi connectivity index (χ0v) is 15.0. The van der Waals surface area contributed by atoms with Gasteiger partial charge in [0.05, 0.1) is 11.7 Å². The minimum Gasteiger partial charge on any atom is -0.326 e. The number of nitrogens with one attached hydrogen (secondary N) is 1. The summed E-state index contributed by atoms with van der Waals surface area (Å²) in [6.45, 7) is 6.26. The third-order valence-electron chi connectivity index (χ3n) is 4.66. The molecule has 1 atom stereocenters. The van der Waals surface area contributed by atoms with Gasteiger partial charge in [-0.25, -0.2) is 14.5 Å². The van der Waals surface area contributed by atoms with Gasteiger partial charge < -0.3 is 4.57 Å². The number of fused-ring (bicyclic) bond motifs is 1. The van der Waals surface area contributed by atoms with Crippen molar-refractivity contribution in [2.24, 2.45) is 0 Å². The first-order valence-corrected chi connectivity index (χ1v) is 8.75. The second-order valence-corrected chi connectivity index (χ2v) is 6.75. The Kier molecular flexibility index (Phi) is 3.95. The zero-order chi connectivity index (χ0) is 18.3. The van der Waals surface area contributed by atoms with Gasteiger partial charge in [-0.3, -0.25) is 9.89 Å². The van der Waals surface area contributed by atoms with Crippen LogP contribution in [-0.2, 0) is 0 Å². The number of nitrogens with zero attached hydrogens (tertiary/aromatic N) is 4. The summed E-state index contributed by atoms with van der Waals surface area (Å²) >= 11 is 0. The van der Waals surface area contributed by atoms with Crippen molar-refractivity contribution in [1.82, 2.24) is 24.1 Å². The van der Waals surface area contributed by atoms with Crippen LogP contribution < -0.4 is 5.56 Å². The summed E-state index contributed by atoms with van der Waals surface area (Å²) in [7, 11) is 0. The molecule has 4 aromatic rings. The van der Waals surface area contributed by atoms with Crippen molar-refractivity contribution >= 4 is 5.65 Å². The molecule has 0 radical (unpaired) electrons. The minimum atomic E-state index is -0.120. The quantitative estimate of drug-likeness (QED) is 0.613. The molecule has 0 bridgehead atoms. The van der Waals surface area contributed by atoms with Gasteiger partial charge in [-0.1, -0.05) is 44.2 Å². The third-order valence-corrected chi connectivity index (χ3v) is 4.66. The maximum absolute atomic E-state index is 12.6. The largest absolute Gasteiger partial charge is 0.326 e. The normalized spacial score (nSPS) is 12.8. The fourth-order valence-electron chi connectivity index (χ4n) is 3.29. The van der Waals surface area contributed by atoms with Crippen molar-refractivity contribution < 1.29 is 0 Å². The van der Waals surface area contributed by atoms with Crippen LogP contribution in [0.15, 0.2) is 59.8 Å². The SMILES string of the molecule is CC(C)c1nccn1[C@H](C)c1cc(=O)n2[nH]cc(-c3ccccc3)c2n1. The lowest BCUT2D eigenvalue weighted by Gasteiger charge is -2.17. The number of aromatic nitrogens is 5. The monoisotopic (exact) mass is 347 g/mol. The summed E-state index contributed by atoms with van der Waals surface area (Å²) in [5.74, 6) is 1.28. The third kappa shape index (κ3) is 2.63. The molecule has 0 saturated carbocycles. The van der Waals surface area contributed by atoms with Gasteiger partial charge in [-0.2, -0.15) is 0 Å². The van der Waals surface area contributed by atoms with Crippen molar-refractivity contribution in [3.63, 3.8) is 0 Å². The molecular weight excluding hydrogens is 326 g/mol. The highest BCUT2D eigenvalue weighted by atomic mass is 16.1. The Balaban J connectivity index is 1.86. The van der Waals surface area contributed by atoms with E-state index >= 15 is 0 Å². The summed E-state index contributed by atoms with van der Waals surface area (Å²) < 4.78 is 3.56. The number of imidazole rings is 1.